The van der Waals surface area contributed by atoms with Crippen LogP contribution in [0.1, 0.15) is 26.4 Å². The normalized spacial score (nSPS) is 13.1. The van der Waals surface area contributed by atoms with Crippen molar-refractivity contribution in [1.29, 1.82) is 0 Å². The van der Waals surface area contributed by atoms with Crippen LogP contribution in [0.3, 0.4) is 0 Å². The Labute approximate surface area is 141 Å². The van der Waals surface area contributed by atoms with Gasteiger partial charge in [0.1, 0.15) is 0 Å². The lowest BCUT2D eigenvalue weighted by Gasteiger charge is -2.01. The molecular formula is C17H14N2O2S2. The van der Waals surface area contributed by atoms with Gasteiger partial charge in [-0.1, -0.05) is 12.1 Å². The molecule has 0 aliphatic carbocycles. The number of anilines is 1. The second-order valence-electron chi connectivity index (χ2n) is 5.40. The fourth-order valence-corrected chi connectivity index (χ4v) is 4.09. The molecule has 0 fully saturated rings. The van der Waals surface area contributed by atoms with Gasteiger partial charge in [0.15, 0.2) is 5.13 Å². The number of carbonyl (C=O) groups excluding carboxylic acids is 1. The zero-order valence-corrected chi connectivity index (χ0v) is 14.1. The zero-order chi connectivity index (χ0) is 15.8. The SMILES string of the molecule is Cc1ccsc1C(=O)Nc1nc(-c2ccc3c(c2)COC3)cs1. The number of rotatable bonds is 3. The van der Waals surface area contributed by atoms with E-state index in [9.17, 15) is 4.79 Å². The van der Waals surface area contributed by atoms with Crippen molar-refractivity contribution in [3.05, 3.63) is 56.6 Å². The van der Waals surface area contributed by atoms with Crippen LogP contribution < -0.4 is 5.32 Å². The van der Waals surface area contributed by atoms with Gasteiger partial charge in [-0.3, -0.25) is 10.1 Å². The quantitative estimate of drug-likeness (QED) is 0.764. The number of hydrogen-bond acceptors (Lipinski definition) is 5. The second-order valence-corrected chi connectivity index (χ2v) is 7.18. The van der Waals surface area contributed by atoms with E-state index in [1.54, 1.807) is 0 Å². The van der Waals surface area contributed by atoms with E-state index in [0.717, 1.165) is 21.7 Å². The number of aromatic nitrogens is 1. The van der Waals surface area contributed by atoms with Crippen molar-refractivity contribution in [1.82, 2.24) is 4.98 Å². The molecule has 1 aliphatic heterocycles. The van der Waals surface area contributed by atoms with E-state index in [2.05, 4.69) is 28.5 Å². The summed E-state index contributed by atoms with van der Waals surface area (Å²) in [6, 6.07) is 8.20. The monoisotopic (exact) mass is 342 g/mol. The minimum absolute atomic E-state index is 0.0965. The van der Waals surface area contributed by atoms with E-state index in [1.807, 2.05) is 23.8 Å². The largest absolute Gasteiger partial charge is 0.372 e. The Bertz CT molecular complexity index is 882. The number of amides is 1. The first-order valence-electron chi connectivity index (χ1n) is 7.21. The molecule has 0 unspecified atom stereocenters. The average Bonchev–Trinajstić information content (AvgIpc) is 3.26. The third-order valence-electron chi connectivity index (χ3n) is 3.81. The minimum atomic E-state index is -0.0965. The molecule has 1 aromatic carbocycles. The van der Waals surface area contributed by atoms with E-state index < -0.39 is 0 Å². The molecule has 3 heterocycles. The molecule has 116 valence electrons. The summed E-state index contributed by atoms with van der Waals surface area (Å²) in [4.78, 5) is 17.5. The van der Waals surface area contributed by atoms with Gasteiger partial charge in [-0.25, -0.2) is 4.98 Å². The predicted octanol–water partition coefficient (Wildman–Crippen LogP) is 4.46. The van der Waals surface area contributed by atoms with E-state index >= 15 is 0 Å². The lowest BCUT2D eigenvalue weighted by atomic mass is 10.1. The number of benzene rings is 1. The van der Waals surface area contributed by atoms with E-state index in [1.165, 1.54) is 33.8 Å². The number of aryl methyl sites for hydroxylation is 1. The van der Waals surface area contributed by atoms with Gasteiger partial charge in [0.2, 0.25) is 0 Å². The molecule has 1 aliphatic rings. The summed E-state index contributed by atoms with van der Waals surface area (Å²) >= 11 is 2.88. The second kappa shape index (κ2) is 5.88. The minimum Gasteiger partial charge on any atom is -0.372 e. The molecular weight excluding hydrogens is 328 g/mol. The molecule has 1 amide bonds. The van der Waals surface area contributed by atoms with E-state index in [-0.39, 0.29) is 5.91 Å². The van der Waals surface area contributed by atoms with Crippen LogP contribution in [0.5, 0.6) is 0 Å². The van der Waals surface area contributed by atoms with Crippen molar-refractivity contribution in [2.24, 2.45) is 0 Å². The third kappa shape index (κ3) is 2.81. The number of fused-ring (bicyclic) bond motifs is 1. The number of nitrogens with zero attached hydrogens (tertiary/aromatic N) is 1. The van der Waals surface area contributed by atoms with Crippen molar-refractivity contribution >= 4 is 33.7 Å². The highest BCUT2D eigenvalue weighted by atomic mass is 32.1. The van der Waals surface area contributed by atoms with Crippen molar-refractivity contribution in [2.45, 2.75) is 20.1 Å². The van der Waals surface area contributed by atoms with E-state index in [0.29, 0.717) is 18.3 Å². The van der Waals surface area contributed by atoms with Gasteiger partial charge in [-0.2, -0.15) is 0 Å². The lowest BCUT2D eigenvalue weighted by molar-refractivity contribution is 0.103. The van der Waals surface area contributed by atoms with Gasteiger partial charge in [0.25, 0.3) is 5.91 Å². The summed E-state index contributed by atoms with van der Waals surface area (Å²) in [7, 11) is 0. The Morgan fingerprint density at radius 1 is 1.22 bits per heavy atom. The van der Waals surface area contributed by atoms with Gasteiger partial charge in [-0.15, -0.1) is 22.7 Å². The van der Waals surface area contributed by atoms with Gasteiger partial charge < -0.3 is 4.74 Å². The summed E-state index contributed by atoms with van der Waals surface area (Å²) < 4.78 is 5.44. The standard InChI is InChI=1S/C17H14N2O2S2/c1-10-4-5-22-15(10)16(20)19-17-18-14(9-23-17)11-2-3-12-7-21-8-13(12)6-11/h2-6,9H,7-8H2,1H3,(H,18,19,20). The number of ether oxygens (including phenoxy) is 1. The van der Waals surface area contributed by atoms with Crippen molar-refractivity contribution in [3.63, 3.8) is 0 Å². The van der Waals surface area contributed by atoms with Gasteiger partial charge in [0.05, 0.1) is 23.8 Å². The van der Waals surface area contributed by atoms with Crippen molar-refractivity contribution in [2.75, 3.05) is 5.32 Å². The third-order valence-corrected chi connectivity index (χ3v) is 5.58. The highest BCUT2D eigenvalue weighted by Crippen LogP contribution is 2.29. The maximum absolute atomic E-state index is 12.2. The first-order valence-corrected chi connectivity index (χ1v) is 8.97. The predicted molar refractivity (Wildman–Crippen MR) is 93.1 cm³/mol. The summed E-state index contributed by atoms with van der Waals surface area (Å²) in [5, 5.41) is 7.39. The summed E-state index contributed by atoms with van der Waals surface area (Å²) in [5.41, 5.74) is 5.38. The Balaban J connectivity index is 1.55. The summed E-state index contributed by atoms with van der Waals surface area (Å²) in [6.45, 7) is 3.29. The molecule has 0 saturated heterocycles. The van der Waals surface area contributed by atoms with Crippen LogP contribution in [0.15, 0.2) is 35.0 Å². The maximum Gasteiger partial charge on any atom is 0.267 e. The number of thiophene rings is 1. The molecule has 1 N–H and O–H groups in total. The highest BCUT2D eigenvalue weighted by molar-refractivity contribution is 7.14. The Morgan fingerprint density at radius 2 is 2.09 bits per heavy atom. The molecule has 0 radical (unpaired) electrons. The topological polar surface area (TPSA) is 51.2 Å². The first-order chi connectivity index (χ1) is 11.2. The molecule has 4 nitrogen and oxygen atoms in total. The van der Waals surface area contributed by atoms with Crippen molar-refractivity contribution in [3.8, 4) is 11.3 Å². The van der Waals surface area contributed by atoms with Crippen LogP contribution in [0.25, 0.3) is 11.3 Å². The molecule has 3 aromatic rings. The smallest absolute Gasteiger partial charge is 0.267 e. The number of nitrogens with one attached hydrogen (secondary N) is 1. The lowest BCUT2D eigenvalue weighted by Crippen LogP contribution is -2.10. The fourth-order valence-electron chi connectivity index (χ4n) is 2.55. The van der Waals surface area contributed by atoms with E-state index in [4.69, 9.17) is 4.74 Å². The number of thiazole rings is 1. The molecule has 2 aromatic heterocycles. The van der Waals surface area contributed by atoms with Gasteiger partial charge in [-0.05, 0) is 41.1 Å². The molecule has 23 heavy (non-hydrogen) atoms. The van der Waals surface area contributed by atoms with Crippen LogP contribution in [-0.2, 0) is 18.0 Å². The van der Waals surface area contributed by atoms with Crippen LogP contribution >= 0.6 is 22.7 Å². The van der Waals surface area contributed by atoms with Crippen LogP contribution in [0.4, 0.5) is 5.13 Å². The molecule has 0 bridgehead atoms. The number of hydrogen-bond donors (Lipinski definition) is 1. The fraction of sp³-hybridized carbons (Fsp3) is 0.176. The molecule has 0 atom stereocenters. The zero-order valence-electron chi connectivity index (χ0n) is 12.5. The van der Waals surface area contributed by atoms with Crippen LogP contribution in [-0.4, -0.2) is 10.9 Å². The molecule has 0 saturated carbocycles. The Morgan fingerprint density at radius 3 is 2.91 bits per heavy atom. The van der Waals surface area contributed by atoms with Gasteiger partial charge >= 0.3 is 0 Å². The van der Waals surface area contributed by atoms with Gasteiger partial charge in [0, 0.05) is 10.9 Å². The van der Waals surface area contributed by atoms with Crippen LogP contribution in [0.2, 0.25) is 0 Å². The first kappa shape index (κ1) is 14.6. The summed E-state index contributed by atoms with van der Waals surface area (Å²) in [6.07, 6.45) is 0. The van der Waals surface area contributed by atoms with Crippen molar-refractivity contribution < 1.29 is 9.53 Å². The Kier molecular flexibility index (Phi) is 3.72. The van der Waals surface area contributed by atoms with Crippen LogP contribution in [0, 0.1) is 6.92 Å². The summed E-state index contributed by atoms with van der Waals surface area (Å²) in [5.74, 6) is -0.0965. The highest BCUT2D eigenvalue weighted by Gasteiger charge is 2.15. The number of carbonyl (C=O) groups is 1. The Hall–Kier alpha value is -2.02. The average molecular weight is 342 g/mol. The molecule has 6 heteroatoms. The molecule has 0 spiro atoms. The maximum atomic E-state index is 12.2. The molecule has 4 rings (SSSR count).